The number of aromatic nitrogens is 1. The Hall–Kier alpha value is -2.14. The first-order chi connectivity index (χ1) is 10.2. The first-order valence-electron chi connectivity index (χ1n) is 7.36. The molecule has 2 atom stereocenters. The maximum atomic E-state index is 12.4. The summed E-state index contributed by atoms with van der Waals surface area (Å²) >= 11 is 0. The van der Waals surface area contributed by atoms with Crippen LogP contribution in [0.3, 0.4) is 0 Å². The van der Waals surface area contributed by atoms with Crippen LogP contribution in [0.2, 0.25) is 0 Å². The monoisotopic (exact) mass is 284 g/mol. The molecular formula is C16H20N4O. The molecule has 1 aliphatic rings. The summed E-state index contributed by atoms with van der Waals surface area (Å²) in [5.41, 5.74) is 2.98. The molecule has 0 bridgehead atoms. The van der Waals surface area contributed by atoms with Crippen molar-refractivity contribution in [1.82, 2.24) is 10.3 Å². The van der Waals surface area contributed by atoms with Gasteiger partial charge in [-0.2, -0.15) is 0 Å². The zero-order valence-corrected chi connectivity index (χ0v) is 12.1. The first kappa shape index (κ1) is 13.8. The third kappa shape index (κ3) is 2.69. The van der Waals surface area contributed by atoms with Gasteiger partial charge in [-0.25, -0.2) is 10.8 Å². The molecule has 1 aromatic carbocycles. The van der Waals surface area contributed by atoms with Crippen LogP contribution >= 0.6 is 0 Å². The summed E-state index contributed by atoms with van der Waals surface area (Å²) in [6, 6.07) is 9.80. The number of hydrogen-bond donors (Lipinski definition) is 3. The van der Waals surface area contributed by atoms with Crippen LogP contribution < -0.4 is 16.6 Å². The molecule has 1 heterocycles. The quantitative estimate of drug-likeness (QED) is 0.597. The molecule has 0 radical (unpaired) electrons. The molecular weight excluding hydrogens is 264 g/mol. The standard InChI is InChI=1S/C16H20N4O/c1-10-5-4-8-13(10)19-16(21)14-9-11-6-2-3-7-12(11)15(18-14)20-17/h2-3,6-7,9-10,13H,4-5,8,17H2,1H3,(H,18,20)(H,19,21). The van der Waals surface area contributed by atoms with Crippen molar-refractivity contribution >= 4 is 22.5 Å². The van der Waals surface area contributed by atoms with Crippen molar-refractivity contribution in [2.24, 2.45) is 11.8 Å². The highest BCUT2D eigenvalue weighted by Gasteiger charge is 2.25. The van der Waals surface area contributed by atoms with E-state index in [-0.39, 0.29) is 11.9 Å². The molecule has 1 fully saturated rings. The number of nitrogens with one attached hydrogen (secondary N) is 2. The fourth-order valence-electron chi connectivity index (χ4n) is 3.03. The van der Waals surface area contributed by atoms with Gasteiger partial charge in [0.2, 0.25) is 0 Å². The number of benzene rings is 1. The Labute approximate surface area is 123 Å². The van der Waals surface area contributed by atoms with E-state index in [1.807, 2.05) is 30.3 Å². The summed E-state index contributed by atoms with van der Waals surface area (Å²) in [7, 11) is 0. The molecule has 2 unspecified atom stereocenters. The van der Waals surface area contributed by atoms with Gasteiger partial charge in [-0.05, 0) is 30.2 Å². The lowest BCUT2D eigenvalue weighted by Gasteiger charge is -2.17. The zero-order chi connectivity index (χ0) is 14.8. The van der Waals surface area contributed by atoms with Crippen LogP contribution in [0.15, 0.2) is 30.3 Å². The number of nitrogens with zero attached hydrogens (tertiary/aromatic N) is 1. The lowest BCUT2D eigenvalue weighted by Crippen LogP contribution is -2.36. The minimum atomic E-state index is -0.129. The highest BCUT2D eigenvalue weighted by Crippen LogP contribution is 2.26. The Morgan fingerprint density at radius 3 is 2.86 bits per heavy atom. The van der Waals surface area contributed by atoms with Crippen LogP contribution in [-0.4, -0.2) is 16.9 Å². The first-order valence-corrected chi connectivity index (χ1v) is 7.36. The van der Waals surface area contributed by atoms with Crippen LogP contribution in [0.4, 0.5) is 5.82 Å². The van der Waals surface area contributed by atoms with Crippen LogP contribution in [0.1, 0.15) is 36.7 Å². The highest BCUT2D eigenvalue weighted by molar-refractivity contribution is 6.00. The molecule has 5 nitrogen and oxygen atoms in total. The summed E-state index contributed by atoms with van der Waals surface area (Å²) in [5.74, 6) is 6.45. The van der Waals surface area contributed by atoms with E-state index < -0.39 is 0 Å². The third-order valence-electron chi connectivity index (χ3n) is 4.29. The number of carbonyl (C=O) groups is 1. The van der Waals surface area contributed by atoms with Gasteiger partial charge in [0, 0.05) is 11.4 Å². The van der Waals surface area contributed by atoms with Crippen LogP contribution in [-0.2, 0) is 0 Å². The number of hydrogen-bond acceptors (Lipinski definition) is 4. The van der Waals surface area contributed by atoms with Gasteiger partial charge in [-0.3, -0.25) is 4.79 Å². The molecule has 0 spiro atoms. The predicted molar refractivity (Wildman–Crippen MR) is 83.8 cm³/mol. The van der Waals surface area contributed by atoms with Crippen molar-refractivity contribution < 1.29 is 4.79 Å². The highest BCUT2D eigenvalue weighted by atomic mass is 16.1. The van der Waals surface area contributed by atoms with Gasteiger partial charge in [-0.15, -0.1) is 0 Å². The molecule has 2 aromatic rings. The van der Waals surface area contributed by atoms with Crippen molar-refractivity contribution in [3.8, 4) is 0 Å². The van der Waals surface area contributed by atoms with Gasteiger partial charge < -0.3 is 10.7 Å². The molecule has 1 saturated carbocycles. The number of nitrogens with two attached hydrogens (primary N) is 1. The van der Waals surface area contributed by atoms with Crippen molar-refractivity contribution in [1.29, 1.82) is 0 Å². The predicted octanol–water partition coefficient (Wildman–Crippen LogP) is 2.44. The molecule has 21 heavy (non-hydrogen) atoms. The van der Waals surface area contributed by atoms with Gasteiger partial charge in [-0.1, -0.05) is 37.6 Å². The molecule has 110 valence electrons. The zero-order valence-electron chi connectivity index (χ0n) is 12.1. The van der Waals surface area contributed by atoms with Gasteiger partial charge in [0.25, 0.3) is 5.91 Å². The molecule has 0 saturated heterocycles. The lowest BCUT2D eigenvalue weighted by molar-refractivity contribution is 0.0925. The normalized spacial score (nSPS) is 21.4. The van der Waals surface area contributed by atoms with Gasteiger partial charge in [0.05, 0.1) is 0 Å². The molecule has 1 amide bonds. The topological polar surface area (TPSA) is 80.0 Å². The number of hydrazine groups is 1. The largest absolute Gasteiger partial charge is 0.348 e. The second kappa shape index (κ2) is 5.69. The number of pyridine rings is 1. The van der Waals surface area contributed by atoms with Crippen molar-refractivity contribution in [2.75, 3.05) is 5.43 Å². The van der Waals surface area contributed by atoms with Crippen molar-refractivity contribution in [3.63, 3.8) is 0 Å². The molecule has 1 aromatic heterocycles. The van der Waals surface area contributed by atoms with E-state index >= 15 is 0 Å². The molecule has 1 aliphatic carbocycles. The number of carbonyl (C=O) groups excluding carboxylic acids is 1. The Morgan fingerprint density at radius 2 is 2.14 bits per heavy atom. The van der Waals surface area contributed by atoms with E-state index in [1.165, 1.54) is 12.8 Å². The minimum Gasteiger partial charge on any atom is -0.348 e. The number of fused-ring (bicyclic) bond motifs is 1. The van der Waals surface area contributed by atoms with E-state index in [1.54, 1.807) is 0 Å². The van der Waals surface area contributed by atoms with Crippen molar-refractivity contribution in [3.05, 3.63) is 36.0 Å². The second-order valence-corrected chi connectivity index (χ2v) is 5.71. The Morgan fingerprint density at radius 1 is 1.33 bits per heavy atom. The number of nitrogen functional groups attached to an aromatic ring is 1. The molecule has 0 aliphatic heterocycles. The Balaban J connectivity index is 1.91. The van der Waals surface area contributed by atoms with E-state index in [0.29, 0.717) is 17.4 Å². The third-order valence-corrected chi connectivity index (χ3v) is 4.29. The SMILES string of the molecule is CC1CCCC1NC(=O)c1cc2ccccc2c(NN)n1. The van der Waals surface area contributed by atoms with Gasteiger partial charge in [0.15, 0.2) is 0 Å². The molecule has 3 rings (SSSR count). The molecule has 4 N–H and O–H groups in total. The average Bonchev–Trinajstić information content (AvgIpc) is 2.91. The maximum absolute atomic E-state index is 12.4. The van der Waals surface area contributed by atoms with Gasteiger partial charge in [0.1, 0.15) is 11.5 Å². The van der Waals surface area contributed by atoms with E-state index in [9.17, 15) is 4.79 Å². The number of rotatable bonds is 3. The Bertz CT molecular complexity index is 670. The number of anilines is 1. The van der Waals surface area contributed by atoms with Gasteiger partial charge >= 0.3 is 0 Å². The van der Waals surface area contributed by atoms with E-state index in [2.05, 4.69) is 22.7 Å². The summed E-state index contributed by atoms with van der Waals surface area (Å²) in [6.45, 7) is 2.18. The van der Waals surface area contributed by atoms with Crippen LogP contribution in [0, 0.1) is 5.92 Å². The van der Waals surface area contributed by atoms with Crippen molar-refractivity contribution in [2.45, 2.75) is 32.2 Å². The summed E-state index contributed by atoms with van der Waals surface area (Å²) in [5, 5.41) is 4.95. The summed E-state index contributed by atoms with van der Waals surface area (Å²) in [6.07, 6.45) is 3.39. The summed E-state index contributed by atoms with van der Waals surface area (Å²) < 4.78 is 0. The number of amides is 1. The second-order valence-electron chi connectivity index (χ2n) is 5.71. The van der Waals surface area contributed by atoms with Crippen LogP contribution in [0.5, 0.6) is 0 Å². The van der Waals surface area contributed by atoms with Crippen LogP contribution in [0.25, 0.3) is 10.8 Å². The van der Waals surface area contributed by atoms with E-state index in [4.69, 9.17) is 5.84 Å². The fourth-order valence-corrected chi connectivity index (χ4v) is 3.03. The lowest BCUT2D eigenvalue weighted by atomic mass is 10.1. The maximum Gasteiger partial charge on any atom is 0.270 e. The smallest absolute Gasteiger partial charge is 0.270 e. The molecule has 5 heteroatoms. The minimum absolute atomic E-state index is 0.129. The average molecular weight is 284 g/mol. The Kier molecular flexibility index (Phi) is 3.75. The fraction of sp³-hybridized carbons (Fsp3) is 0.375. The summed E-state index contributed by atoms with van der Waals surface area (Å²) in [4.78, 5) is 16.8. The van der Waals surface area contributed by atoms with E-state index in [0.717, 1.165) is 17.2 Å².